The molecule has 1 saturated carbocycles. The summed E-state index contributed by atoms with van der Waals surface area (Å²) in [4.78, 5) is 24.5. The summed E-state index contributed by atoms with van der Waals surface area (Å²) in [7, 11) is 4.14. The summed E-state index contributed by atoms with van der Waals surface area (Å²) < 4.78 is 13.4. The second kappa shape index (κ2) is 13.4. The molecule has 43 heavy (non-hydrogen) atoms. The van der Waals surface area contributed by atoms with Gasteiger partial charge in [-0.15, -0.1) is 0 Å². The highest BCUT2D eigenvalue weighted by Crippen LogP contribution is 2.42. The molecule has 0 radical (unpaired) electrons. The van der Waals surface area contributed by atoms with E-state index in [0.29, 0.717) is 29.7 Å². The summed E-state index contributed by atoms with van der Waals surface area (Å²) in [5, 5.41) is 12.1. The minimum atomic E-state index is -0.131. The summed E-state index contributed by atoms with van der Waals surface area (Å²) in [5.74, 6) is 3.69. The van der Waals surface area contributed by atoms with E-state index in [1.54, 1.807) is 0 Å². The van der Waals surface area contributed by atoms with Crippen LogP contribution >= 0.6 is 0 Å². The van der Waals surface area contributed by atoms with Crippen molar-refractivity contribution in [3.05, 3.63) is 30.0 Å². The first-order valence-electron chi connectivity index (χ1n) is 16.3. The van der Waals surface area contributed by atoms with Crippen molar-refractivity contribution < 1.29 is 14.3 Å². The highest BCUT2D eigenvalue weighted by Gasteiger charge is 2.44. The third-order valence-corrected chi connectivity index (χ3v) is 9.69. The molecule has 1 amide bonds. The Morgan fingerprint density at radius 3 is 2.56 bits per heavy atom. The zero-order chi connectivity index (χ0) is 29.9. The van der Waals surface area contributed by atoms with E-state index in [1.165, 1.54) is 12.8 Å². The SMILES string of the molecule is CC(C)c1cnn2c(NCC3C4CCC3CN(C(=O)OC3CN(C/C=C/CN(C)C)C3)C4)cc(NC3CCOCC3)nc12. The minimum Gasteiger partial charge on any atom is -0.443 e. The van der Waals surface area contributed by atoms with Crippen molar-refractivity contribution in [3.8, 4) is 0 Å². The van der Waals surface area contributed by atoms with E-state index in [0.717, 1.165) is 94.7 Å². The molecule has 4 fully saturated rings. The number of aromatic nitrogens is 3. The number of amides is 1. The van der Waals surface area contributed by atoms with Crippen molar-refractivity contribution in [2.75, 3.05) is 83.8 Å². The zero-order valence-electron chi connectivity index (χ0n) is 26.4. The summed E-state index contributed by atoms with van der Waals surface area (Å²) in [6.07, 6.45) is 10.5. The molecular weight excluding hydrogens is 544 g/mol. The number of carbonyl (C=O) groups excluding carboxylic acids is 1. The topological polar surface area (TPSA) is 99.5 Å². The Kier molecular flexibility index (Phi) is 9.39. The van der Waals surface area contributed by atoms with Crippen molar-refractivity contribution in [3.63, 3.8) is 0 Å². The van der Waals surface area contributed by atoms with Crippen LogP contribution < -0.4 is 10.6 Å². The smallest absolute Gasteiger partial charge is 0.410 e. The molecule has 2 aromatic rings. The molecule has 236 valence electrons. The Hall–Kier alpha value is -2.89. The predicted molar refractivity (Wildman–Crippen MR) is 169 cm³/mol. The molecule has 2 unspecified atom stereocenters. The Morgan fingerprint density at radius 2 is 1.86 bits per heavy atom. The van der Waals surface area contributed by atoms with Crippen LogP contribution in [0.1, 0.15) is 51.0 Å². The standard InChI is InChI=1S/C32H50N8O3/c1-22(2)27-17-34-40-30(15-29(36-31(27)40)35-25-9-13-42-14-10-25)33-16-28-23-7-8-24(28)19-39(18-23)32(41)43-26-20-38(21-26)12-6-5-11-37(3)4/h5-6,15,17,22-26,28,33H,7-14,16,18-21H2,1-4H3,(H,35,36)/b6-5+. The van der Waals surface area contributed by atoms with Gasteiger partial charge in [0.15, 0.2) is 5.65 Å². The molecule has 2 aromatic heterocycles. The average molecular weight is 595 g/mol. The number of piperidine rings is 1. The fraction of sp³-hybridized carbons (Fsp3) is 0.719. The van der Waals surface area contributed by atoms with Gasteiger partial charge in [-0.2, -0.15) is 9.61 Å². The van der Waals surface area contributed by atoms with Gasteiger partial charge in [0.1, 0.15) is 17.7 Å². The second-order valence-corrected chi connectivity index (χ2v) is 13.6. The molecule has 11 heteroatoms. The molecule has 0 aromatic carbocycles. The number of ether oxygens (including phenoxy) is 2. The van der Waals surface area contributed by atoms with Gasteiger partial charge in [0.05, 0.1) is 6.20 Å². The quantitative estimate of drug-likeness (QED) is 0.377. The number of anilines is 2. The van der Waals surface area contributed by atoms with Crippen LogP contribution in [-0.2, 0) is 9.47 Å². The number of likely N-dealkylation sites (N-methyl/N-ethyl adjacent to an activating group) is 1. The van der Waals surface area contributed by atoms with Crippen LogP contribution in [0.3, 0.4) is 0 Å². The summed E-state index contributed by atoms with van der Waals surface area (Å²) >= 11 is 0. The molecule has 3 aliphatic heterocycles. The van der Waals surface area contributed by atoms with Crippen LogP contribution in [0.4, 0.5) is 16.4 Å². The molecule has 3 saturated heterocycles. The van der Waals surface area contributed by atoms with E-state index in [2.05, 4.69) is 66.6 Å². The average Bonchev–Trinajstić information content (AvgIpc) is 3.49. The van der Waals surface area contributed by atoms with Gasteiger partial charge in [-0.1, -0.05) is 26.0 Å². The number of nitrogens with zero attached hydrogens (tertiary/aromatic N) is 6. The fourth-order valence-electron chi connectivity index (χ4n) is 7.15. The highest BCUT2D eigenvalue weighted by atomic mass is 16.6. The van der Waals surface area contributed by atoms with Crippen molar-refractivity contribution >= 4 is 23.4 Å². The van der Waals surface area contributed by atoms with E-state index in [-0.39, 0.29) is 12.2 Å². The Bertz CT molecular complexity index is 1250. The van der Waals surface area contributed by atoms with Crippen molar-refractivity contribution in [1.29, 1.82) is 0 Å². The highest BCUT2D eigenvalue weighted by molar-refractivity contribution is 5.68. The Morgan fingerprint density at radius 1 is 1.12 bits per heavy atom. The van der Waals surface area contributed by atoms with Crippen LogP contribution in [-0.4, -0.2) is 121 Å². The molecule has 4 aliphatic rings. The lowest BCUT2D eigenvalue weighted by Gasteiger charge is -2.41. The van der Waals surface area contributed by atoms with Gasteiger partial charge < -0.3 is 29.9 Å². The van der Waals surface area contributed by atoms with Crippen LogP contribution in [0.15, 0.2) is 24.4 Å². The maximum Gasteiger partial charge on any atom is 0.410 e. The first kappa shape index (κ1) is 30.1. The number of hydrogen-bond donors (Lipinski definition) is 2. The number of fused-ring (bicyclic) bond motifs is 3. The van der Waals surface area contributed by atoms with E-state index < -0.39 is 0 Å². The number of likely N-dealkylation sites (tertiary alicyclic amines) is 2. The first-order chi connectivity index (χ1) is 20.8. The van der Waals surface area contributed by atoms with Crippen molar-refractivity contribution in [2.24, 2.45) is 17.8 Å². The molecule has 0 spiro atoms. The van der Waals surface area contributed by atoms with Crippen molar-refractivity contribution in [1.82, 2.24) is 29.3 Å². The lowest BCUT2D eigenvalue weighted by molar-refractivity contribution is -0.0288. The number of hydrogen-bond acceptors (Lipinski definition) is 9. The normalized spacial score (nSPS) is 25.3. The monoisotopic (exact) mass is 594 g/mol. The Labute approximate surface area is 256 Å². The largest absolute Gasteiger partial charge is 0.443 e. The van der Waals surface area contributed by atoms with Gasteiger partial charge in [-0.05, 0) is 63.5 Å². The van der Waals surface area contributed by atoms with Gasteiger partial charge in [0, 0.05) is 76.7 Å². The van der Waals surface area contributed by atoms with E-state index in [4.69, 9.17) is 19.6 Å². The minimum absolute atomic E-state index is 0.00892. The second-order valence-electron chi connectivity index (χ2n) is 13.6. The maximum absolute atomic E-state index is 13.1. The number of carbonyl (C=O) groups is 1. The molecule has 1 aliphatic carbocycles. The van der Waals surface area contributed by atoms with Crippen LogP contribution in [0.25, 0.3) is 5.65 Å². The zero-order valence-corrected chi connectivity index (χ0v) is 26.4. The Balaban J connectivity index is 1.03. The molecule has 2 atom stereocenters. The summed E-state index contributed by atoms with van der Waals surface area (Å²) in [5.41, 5.74) is 2.06. The third kappa shape index (κ3) is 7.10. The van der Waals surface area contributed by atoms with Crippen LogP contribution in [0.2, 0.25) is 0 Å². The van der Waals surface area contributed by atoms with Gasteiger partial charge in [0.2, 0.25) is 0 Å². The van der Waals surface area contributed by atoms with Gasteiger partial charge >= 0.3 is 6.09 Å². The summed E-state index contributed by atoms with van der Waals surface area (Å²) in [6.45, 7) is 11.9. The van der Waals surface area contributed by atoms with Gasteiger partial charge in [0.25, 0.3) is 0 Å². The number of nitrogens with one attached hydrogen (secondary N) is 2. The molecule has 2 bridgehead atoms. The van der Waals surface area contributed by atoms with E-state index in [9.17, 15) is 4.79 Å². The van der Waals surface area contributed by atoms with Gasteiger partial charge in [-0.25, -0.2) is 9.78 Å². The van der Waals surface area contributed by atoms with E-state index >= 15 is 0 Å². The van der Waals surface area contributed by atoms with Crippen LogP contribution in [0.5, 0.6) is 0 Å². The van der Waals surface area contributed by atoms with Gasteiger partial charge in [-0.3, -0.25) is 4.90 Å². The molecule has 6 rings (SSSR count). The maximum atomic E-state index is 13.1. The molecule has 2 N–H and O–H groups in total. The van der Waals surface area contributed by atoms with Crippen LogP contribution in [0, 0.1) is 17.8 Å². The fourth-order valence-corrected chi connectivity index (χ4v) is 7.15. The first-order valence-corrected chi connectivity index (χ1v) is 16.3. The third-order valence-electron chi connectivity index (χ3n) is 9.69. The molecule has 11 nitrogen and oxygen atoms in total. The molecule has 5 heterocycles. The number of rotatable bonds is 11. The summed E-state index contributed by atoms with van der Waals surface area (Å²) in [6, 6.07) is 2.48. The predicted octanol–water partition coefficient (Wildman–Crippen LogP) is 3.75. The van der Waals surface area contributed by atoms with E-state index in [1.807, 2.05) is 15.6 Å². The lowest BCUT2D eigenvalue weighted by Crippen LogP contribution is -2.55. The lowest BCUT2D eigenvalue weighted by atomic mass is 9.85. The van der Waals surface area contributed by atoms with Crippen molar-refractivity contribution in [2.45, 2.75) is 57.6 Å². The molecular formula is C32H50N8O3.